The van der Waals surface area contributed by atoms with Crippen molar-refractivity contribution in [1.82, 2.24) is 15.0 Å². The number of benzene rings is 5. The van der Waals surface area contributed by atoms with Gasteiger partial charge in [0, 0.05) is 42.6 Å². The molecule has 1 heterocycles. The summed E-state index contributed by atoms with van der Waals surface area (Å²) >= 11 is 13.6. The van der Waals surface area contributed by atoms with E-state index in [0.29, 0.717) is 58.1 Å². The van der Waals surface area contributed by atoms with Crippen molar-refractivity contribution < 1.29 is 70.5 Å². The molecule has 6 aromatic rings. The van der Waals surface area contributed by atoms with Gasteiger partial charge >= 0.3 is 21.2 Å². The van der Waals surface area contributed by atoms with Crippen LogP contribution in [0.25, 0.3) is 0 Å². The van der Waals surface area contributed by atoms with Crippen LogP contribution in [-0.2, 0) is 67.4 Å². The summed E-state index contributed by atoms with van der Waals surface area (Å²) in [6, 6.07) is 27.1. The lowest BCUT2D eigenvalue weighted by molar-refractivity contribution is 0.282. The third kappa shape index (κ3) is 22.1. The fourth-order valence-corrected chi connectivity index (χ4v) is 8.10. The number of methoxy groups -OCH3 is 1. The van der Waals surface area contributed by atoms with Gasteiger partial charge in [-0.3, -0.25) is 9.11 Å². The van der Waals surface area contributed by atoms with Gasteiger partial charge < -0.3 is 24.6 Å². The molecule has 4 N–H and O–H groups in total. The maximum Gasteiger partial charge on any atom is 0.425 e. The van der Waals surface area contributed by atoms with Gasteiger partial charge in [-0.1, -0.05) is 79.0 Å². The fourth-order valence-electron chi connectivity index (χ4n) is 6.40. The summed E-state index contributed by atoms with van der Waals surface area (Å²) in [5.41, 5.74) is 4.05. The number of aromatic nitrogens is 3. The van der Waals surface area contributed by atoms with E-state index in [0.717, 1.165) is 30.0 Å². The van der Waals surface area contributed by atoms with E-state index >= 15 is 0 Å². The number of hydrogen-bond donors (Lipinski definition) is 4. The summed E-state index contributed by atoms with van der Waals surface area (Å²) in [5.74, 6) is 1.21. The standard InChI is InChI=1S/C46H48Cl2N8O10S2.2O3S/c1-3-4-18-65-41-26-38(55-53-34-14-12-31(29-57)13-15-34)36(47)21-32(41)23-44-50-45(52-46(51-44)49-28-30-10-6-5-7-11-30)24-33-22-37(48)39(27-42(33)66-19-8-9-20-67(58,59)60)56-54-35-16-17-40(64-2)43(25-35)68(61,62)63;2*1-4(2)3/h5-7,10-17,21-22,25-27,57H,3-4,8-9,18-20,23-24,28-29H2,1-2H3,(H,58,59,60)(H,61,62,63)(H,49,50,51,52);;. The number of aliphatic hydroxyl groups is 1. The molecule has 30 heteroatoms. The van der Waals surface area contributed by atoms with E-state index in [9.17, 15) is 31.0 Å². The van der Waals surface area contributed by atoms with Gasteiger partial charge in [0.15, 0.2) is 0 Å². The van der Waals surface area contributed by atoms with Crippen molar-refractivity contribution in [3.05, 3.63) is 141 Å². The molecule has 406 valence electrons. The van der Waals surface area contributed by atoms with Gasteiger partial charge in [-0.15, -0.1) is 35.5 Å². The molecule has 0 aliphatic carbocycles. The third-order valence-electron chi connectivity index (χ3n) is 9.88. The van der Waals surface area contributed by atoms with Crippen LogP contribution in [0.1, 0.15) is 66.5 Å². The first-order valence-electron chi connectivity index (χ1n) is 22.2. The van der Waals surface area contributed by atoms with Crippen LogP contribution in [0.15, 0.2) is 122 Å². The molecule has 0 atom stereocenters. The molecule has 0 radical (unpaired) electrons. The van der Waals surface area contributed by atoms with Crippen molar-refractivity contribution in [2.24, 2.45) is 20.5 Å². The van der Waals surface area contributed by atoms with Crippen LogP contribution in [0.5, 0.6) is 17.2 Å². The normalized spacial score (nSPS) is 11.3. The average molecular weight is 1170 g/mol. The first-order valence-corrected chi connectivity index (χ1v) is 28.0. The highest BCUT2D eigenvalue weighted by atomic mass is 35.5. The first kappa shape index (κ1) is 61.7. The Hall–Kier alpha value is -6.89. The third-order valence-corrected chi connectivity index (χ3v) is 12.2. The lowest BCUT2D eigenvalue weighted by Gasteiger charge is -2.15. The molecule has 0 amide bonds. The Kier molecular flexibility index (Phi) is 24.8. The fraction of sp³-hybridized carbons (Fsp3) is 0.283. The minimum atomic E-state index is -4.66. The Bertz CT molecular complexity index is 3420. The second-order valence-electron chi connectivity index (χ2n) is 15.5. The van der Waals surface area contributed by atoms with E-state index in [1.54, 1.807) is 42.5 Å². The maximum absolute atomic E-state index is 12.0. The molecule has 0 unspecified atom stereocenters. The number of nitrogens with zero attached hydrogens (tertiary/aromatic N) is 7. The van der Waals surface area contributed by atoms with E-state index in [1.807, 2.05) is 30.3 Å². The minimum absolute atomic E-state index is 0.0381. The SMILES string of the molecule is CCCCOc1cc(N=Nc2ccc(CO)cc2)c(Cl)cc1Cc1nc(Cc2cc(Cl)c(N=Nc3ccc(OC)c(S(=O)(=O)O)c3)cc2OCCCCS(=O)(=O)O)nc(NCc2ccccc2)n1.O=S(=O)=O.O=S(=O)=O. The van der Waals surface area contributed by atoms with Crippen LogP contribution in [0.3, 0.4) is 0 Å². The topological polar surface area (TPSA) is 359 Å². The van der Waals surface area contributed by atoms with Gasteiger partial charge in [-0.05, 0) is 72.9 Å². The zero-order chi connectivity index (χ0) is 55.8. The van der Waals surface area contributed by atoms with Crippen molar-refractivity contribution in [3.8, 4) is 17.2 Å². The van der Waals surface area contributed by atoms with Crippen molar-refractivity contribution in [3.63, 3.8) is 0 Å². The Morgan fingerprint density at radius 1 is 0.618 bits per heavy atom. The molecular weight excluding hydrogens is 1120 g/mol. The van der Waals surface area contributed by atoms with E-state index in [-0.39, 0.29) is 72.7 Å². The maximum atomic E-state index is 12.0. The Balaban J connectivity index is 0.00000145. The molecule has 0 bridgehead atoms. The van der Waals surface area contributed by atoms with Crippen LogP contribution < -0.4 is 19.5 Å². The van der Waals surface area contributed by atoms with Gasteiger partial charge in [0.05, 0.1) is 54.1 Å². The van der Waals surface area contributed by atoms with E-state index in [4.69, 9.17) is 77.6 Å². The van der Waals surface area contributed by atoms with E-state index < -0.39 is 52.1 Å². The largest absolute Gasteiger partial charge is 0.495 e. The van der Waals surface area contributed by atoms with Crippen LogP contribution in [0, 0.1) is 0 Å². The lowest BCUT2D eigenvalue weighted by atomic mass is 10.1. The summed E-state index contributed by atoms with van der Waals surface area (Å²) in [7, 11) is -13.8. The number of anilines is 1. The van der Waals surface area contributed by atoms with Gasteiger partial charge in [0.25, 0.3) is 20.2 Å². The molecule has 76 heavy (non-hydrogen) atoms. The Labute approximate surface area is 449 Å². The summed E-state index contributed by atoms with van der Waals surface area (Å²) < 4.78 is 134. The number of nitrogens with one attached hydrogen (secondary N) is 1. The highest BCUT2D eigenvalue weighted by Crippen LogP contribution is 2.38. The summed E-state index contributed by atoms with van der Waals surface area (Å²) in [6.45, 7) is 2.83. The molecule has 0 aliphatic heterocycles. The molecule has 6 rings (SSSR count). The molecular formula is C46H48Cl2N8O16S4. The summed E-state index contributed by atoms with van der Waals surface area (Å²) in [4.78, 5) is 13.9. The molecule has 0 saturated heterocycles. The molecule has 0 saturated carbocycles. The zero-order valence-electron chi connectivity index (χ0n) is 40.2. The Morgan fingerprint density at radius 2 is 1.13 bits per heavy atom. The Morgan fingerprint density at radius 3 is 1.62 bits per heavy atom. The monoisotopic (exact) mass is 1170 g/mol. The molecule has 1 aromatic heterocycles. The number of halogens is 2. The number of rotatable bonds is 24. The molecule has 0 spiro atoms. The highest BCUT2D eigenvalue weighted by molar-refractivity contribution is 7.86. The number of aliphatic hydroxyl groups excluding tert-OH is 1. The molecule has 0 fully saturated rings. The second kappa shape index (κ2) is 30.6. The average Bonchev–Trinajstić information content (AvgIpc) is 3.35. The number of ether oxygens (including phenoxy) is 3. The van der Waals surface area contributed by atoms with Crippen LogP contribution >= 0.6 is 23.2 Å². The van der Waals surface area contributed by atoms with Crippen molar-refractivity contribution in [2.75, 3.05) is 31.4 Å². The smallest absolute Gasteiger partial charge is 0.425 e. The molecule has 24 nitrogen and oxygen atoms in total. The van der Waals surface area contributed by atoms with Crippen LogP contribution in [0.2, 0.25) is 10.0 Å². The summed E-state index contributed by atoms with van der Waals surface area (Å²) in [5, 5.41) is 30.3. The van der Waals surface area contributed by atoms with Crippen molar-refractivity contribution >= 4 is 93.4 Å². The summed E-state index contributed by atoms with van der Waals surface area (Å²) in [6.07, 6.45) is 2.30. The quantitative estimate of drug-likeness (QED) is 0.0250. The molecule has 0 aliphatic rings. The highest BCUT2D eigenvalue weighted by Gasteiger charge is 2.20. The van der Waals surface area contributed by atoms with Crippen molar-refractivity contribution in [2.45, 2.75) is 63.5 Å². The van der Waals surface area contributed by atoms with Gasteiger partial charge in [-0.25, -0.2) is 4.98 Å². The van der Waals surface area contributed by atoms with Crippen molar-refractivity contribution in [1.29, 1.82) is 0 Å². The lowest BCUT2D eigenvalue weighted by Crippen LogP contribution is -2.12. The van der Waals surface area contributed by atoms with Crippen LogP contribution in [-0.4, -0.2) is 97.3 Å². The second-order valence-corrected chi connectivity index (χ2v) is 20.1. The minimum Gasteiger partial charge on any atom is -0.495 e. The van der Waals surface area contributed by atoms with Gasteiger partial charge in [0.2, 0.25) is 5.95 Å². The van der Waals surface area contributed by atoms with Gasteiger partial charge in [-0.2, -0.15) is 37.0 Å². The predicted molar refractivity (Wildman–Crippen MR) is 277 cm³/mol. The number of azo groups is 2. The molecule has 5 aromatic carbocycles. The zero-order valence-corrected chi connectivity index (χ0v) is 45.0. The van der Waals surface area contributed by atoms with Gasteiger partial charge in [0.1, 0.15) is 45.2 Å². The van der Waals surface area contributed by atoms with E-state index in [2.05, 4.69) is 32.7 Å². The predicted octanol–water partition coefficient (Wildman–Crippen LogP) is 8.77. The number of hydrogen-bond acceptors (Lipinski definition) is 22. The van der Waals surface area contributed by atoms with E-state index in [1.165, 1.54) is 25.3 Å². The first-order chi connectivity index (χ1) is 36.1. The number of unbranched alkanes of at least 4 members (excludes halogenated alkanes) is 2. The van der Waals surface area contributed by atoms with Crippen LogP contribution in [0.4, 0.5) is 28.7 Å².